The van der Waals surface area contributed by atoms with Gasteiger partial charge in [-0.25, -0.2) is 0 Å². The van der Waals surface area contributed by atoms with Crippen molar-refractivity contribution in [3.63, 3.8) is 0 Å². The van der Waals surface area contributed by atoms with Crippen molar-refractivity contribution in [1.82, 2.24) is 19.7 Å². The Morgan fingerprint density at radius 2 is 1.97 bits per heavy atom. The van der Waals surface area contributed by atoms with Crippen molar-refractivity contribution >= 4 is 29.6 Å². The molecule has 2 aromatic heterocycles. The van der Waals surface area contributed by atoms with Crippen molar-refractivity contribution in [1.29, 1.82) is 0 Å². The van der Waals surface area contributed by atoms with Crippen LogP contribution in [-0.4, -0.2) is 69.6 Å². The summed E-state index contributed by atoms with van der Waals surface area (Å²) in [6, 6.07) is 3.56. The van der Waals surface area contributed by atoms with Gasteiger partial charge in [-0.2, -0.15) is 0 Å². The van der Waals surface area contributed by atoms with Crippen LogP contribution in [-0.2, 0) is 30.4 Å². The summed E-state index contributed by atoms with van der Waals surface area (Å²) in [7, 11) is 0. The van der Waals surface area contributed by atoms with Crippen LogP contribution < -0.4 is 0 Å². The summed E-state index contributed by atoms with van der Waals surface area (Å²) in [4.78, 5) is 37.8. The Morgan fingerprint density at radius 1 is 1.19 bits per heavy atom. The zero-order chi connectivity index (χ0) is 22.2. The first kappa shape index (κ1) is 22.9. The number of aromatic nitrogens is 3. The molecule has 0 radical (unpaired) electrons. The number of rotatable bonds is 9. The molecule has 0 unspecified atom stereocenters. The van der Waals surface area contributed by atoms with E-state index in [9.17, 15) is 14.4 Å². The van der Waals surface area contributed by atoms with Crippen LogP contribution in [0.4, 0.5) is 0 Å². The van der Waals surface area contributed by atoms with Crippen LogP contribution in [0.1, 0.15) is 26.7 Å². The van der Waals surface area contributed by atoms with Crippen LogP contribution in [0.25, 0.3) is 11.6 Å². The van der Waals surface area contributed by atoms with Gasteiger partial charge in [-0.15, -0.1) is 10.2 Å². The van der Waals surface area contributed by atoms with Gasteiger partial charge in [-0.3, -0.25) is 19.0 Å². The minimum Gasteiger partial charge on any atom is -0.466 e. The van der Waals surface area contributed by atoms with Crippen LogP contribution in [0.3, 0.4) is 0 Å². The number of likely N-dealkylation sites (tertiary alicyclic amines) is 1. The number of nitrogens with zero attached hydrogens (tertiary/aromatic N) is 4. The van der Waals surface area contributed by atoms with E-state index in [2.05, 4.69) is 10.2 Å². The molecular formula is C20H26N4O6S. The normalized spacial score (nSPS) is 14.5. The van der Waals surface area contributed by atoms with Crippen molar-refractivity contribution in [2.45, 2.75) is 38.4 Å². The van der Waals surface area contributed by atoms with E-state index in [0.29, 0.717) is 55.8 Å². The van der Waals surface area contributed by atoms with E-state index in [1.54, 1.807) is 30.2 Å². The number of hydrogen-bond donors (Lipinski definition) is 0. The number of furan rings is 1. The second kappa shape index (κ2) is 11.0. The van der Waals surface area contributed by atoms with Gasteiger partial charge in [0, 0.05) is 19.6 Å². The summed E-state index contributed by atoms with van der Waals surface area (Å²) < 4.78 is 17.4. The van der Waals surface area contributed by atoms with E-state index in [-0.39, 0.29) is 30.2 Å². The third-order valence-electron chi connectivity index (χ3n) is 4.92. The molecule has 0 atom stereocenters. The Hall–Kier alpha value is -2.82. The van der Waals surface area contributed by atoms with Gasteiger partial charge in [-0.05, 0) is 38.8 Å². The second-order valence-electron chi connectivity index (χ2n) is 6.88. The average Bonchev–Trinajstić information content (AvgIpc) is 3.45. The van der Waals surface area contributed by atoms with E-state index in [4.69, 9.17) is 13.9 Å². The molecule has 168 valence electrons. The molecule has 1 saturated heterocycles. The zero-order valence-electron chi connectivity index (χ0n) is 17.6. The summed E-state index contributed by atoms with van der Waals surface area (Å²) in [6.07, 6.45) is 2.67. The molecule has 31 heavy (non-hydrogen) atoms. The Labute approximate surface area is 184 Å². The fraction of sp³-hybridized carbons (Fsp3) is 0.550. The number of carbonyl (C=O) groups excluding carboxylic acids is 3. The largest absolute Gasteiger partial charge is 0.466 e. The van der Waals surface area contributed by atoms with Crippen molar-refractivity contribution in [2.24, 2.45) is 5.92 Å². The van der Waals surface area contributed by atoms with Gasteiger partial charge in [0.2, 0.25) is 0 Å². The lowest BCUT2D eigenvalue weighted by atomic mass is 9.97. The topological polar surface area (TPSA) is 117 Å². The molecule has 1 fully saturated rings. The van der Waals surface area contributed by atoms with Crippen molar-refractivity contribution in [3.05, 3.63) is 18.4 Å². The van der Waals surface area contributed by atoms with Crippen molar-refractivity contribution in [3.8, 4) is 11.6 Å². The maximum absolute atomic E-state index is 12.3. The van der Waals surface area contributed by atoms with Crippen LogP contribution in [0.15, 0.2) is 28.0 Å². The molecular weight excluding hydrogens is 424 g/mol. The highest BCUT2D eigenvalue weighted by atomic mass is 32.2. The number of hydrogen-bond acceptors (Lipinski definition) is 9. The Kier molecular flexibility index (Phi) is 8.10. The van der Waals surface area contributed by atoms with Gasteiger partial charge >= 0.3 is 11.9 Å². The third kappa shape index (κ3) is 5.87. The van der Waals surface area contributed by atoms with Crippen molar-refractivity contribution in [2.75, 3.05) is 32.1 Å². The molecule has 0 spiro atoms. The molecule has 1 aliphatic rings. The fourth-order valence-electron chi connectivity index (χ4n) is 3.29. The molecule has 11 heteroatoms. The monoisotopic (exact) mass is 450 g/mol. The first-order valence-electron chi connectivity index (χ1n) is 10.2. The lowest BCUT2D eigenvalue weighted by molar-refractivity contribution is -0.153. The minimum atomic E-state index is -0.509. The van der Waals surface area contributed by atoms with Crippen LogP contribution in [0.2, 0.25) is 0 Å². The number of carbonyl (C=O) groups is 3. The van der Waals surface area contributed by atoms with Gasteiger partial charge in [-0.1, -0.05) is 11.8 Å². The maximum atomic E-state index is 12.3. The molecule has 0 N–H and O–H groups in total. The van der Waals surface area contributed by atoms with Crippen LogP contribution >= 0.6 is 11.8 Å². The molecule has 3 heterocycles. The van der Waals surface area contributed by atoms with Gasteiger partial charge in [0.1, 0.15) is 0 Å². The molecule has 10 nitrogen and oxygen atoms in total. The van der Waals surface area contributed by atoms with Crippen molar-refractivity contribution < 1.29 is 28.3 Å². The number of thioether (sulfide) groups is 1. The van der Waals surface area contributed by atoms with E-state index >= 15 is 0 Å². The standard InChI is InChI=1S/C20H26N4O6S/c1-3-24-18(15-6-5-11-29-15)21-22-20(24)31-13-17(26)30-12-16(25)23-9-7-14(8-10-23)19(27)28-4-2/h5-6,11,14H,3-4,7-10,12-13H2,1-2H3. The SMILES string of the molecule is CCOC(=O)C1CCN(C(=O)COC(=O)CSc2nnc(-c3ccco3)n2CC)CC1. The Bertz CT molecular complexity index is 890. The predicted molar refractivity (Wildman–Crippen MR) is 111 cm³/mol. The second-order valence-corrected chi connectivity index (χ2v) is 7.83. The number of piperidine rings is 1. The van der Waals surface area contributed by atoms with Gasteiger partial charge in [0.05, 0.1) is 24.5 Å². The number of amides is 1. The third-order valence-corrected chi connectivity index (χ3v) is 5.86. The minimum absolute atomic E-state index is 0.00843. The molecule has 1 amide bonds. The van der Waals surface area contributed by atoms with Gasteiger partial charge < -0.3 is 18.8 Å². The highest BCUT2D eigenvalue weighted by Gasteiger charge is 2.28. The van der Waals surface area contributed by atoms with E-state index in [1.807, 2.05) is 11.5 Å². The Morgan fingerprint density at radius 3 is 2.61 bits per heavy atom. The van der Waals surface area contributed by atoms with Crippen LogP contribution in [0, 0.1) is 5.92 Å². The maximum Gasteiger partial charge on any atom is 0.316 e. The van der Waals surface area contributed by atoms with Crippen LogP contribution in [0.5, 0.6) is 0 Å². The molecule has 1 aliphatic heterocycles. The molecule has 2 aromatic rings. The first-order valence-corrected chi connectivity index (χ1v) is 11.2. The van der Waals surface area contributed by atoms with Gasteiger partial charge in [0.25, 0.3) is 5.91 Å². The zero-order valence-corrected chi connectivity index (χ0v) is 18.4. The van der Waals surface area contributed by atoms with Gasteiger partial charge in [0.15, 0.2) is 23.3 Å². The number of esters is 2. The predicted octanol–water partition coefficient (Wildman–Crippen LogP) is 1.99. The highest BCUT2D eigenvalue weighted by molar-refractivity contribution is 7.99. The summed E-state index contributed by atoms with van der Waals surface area (Å²) in [5, 5.41) is 8.81. The summed E-state index contributed by atoms with van der Waals surface area (Å²) >= 11 is 1.19. The lowest BCUT2D eigenvalue weighted by Gasteiger charge is -2.30. The molecule has 0 saturated carbocycles. The average molecular weight is 451 g/mol. The lowest BCUT2D eigenvalue weighted by Crippen LogP contribution is -2.42. The molecule has 0 aliphatic carbocycles. The fourth-order valence-corrected chi connectivity index (χ4v) is 4.09. The molecule has 0 aromatic carbocycles. The van der Waals surface area contributed by atoms with E-state index < -0.39 is 5.97 Å². The Balaban J connectivity index is 1.42. The molecule has 0 bridgehead atoms. The summed E-state index contributed by atoms with van der Waals surface area (Å²) in [5.41, 5.74) is 0. The number of ether oxygens (including phenoxy) is 2. The smallest absolute Gasteiger partial charge is 0.316 e. The van der Waals surface area contributed by atoms with E-state index in [0.717, 1.165) is 0 Å². The van der Waals surface area contributed by atoms with E-state index in [1.165, 1.54) is 11.8 Å². The highest BCUT2D eigenvalue weighted by Crippen LogP contribution is 2.24. The summed E-state index contributed by atoms with van der Waals surface area (Å²) in [6.45, 7) is 5.26. The summed E-state index contributed by atoms with van der Waals surface area (Å²) in [5.74, 6) is 0.0283. The quantitative estimate of drug-likeness (QED) is 0.417. The first-order chi connectivity index (χ1) is 15.0. The molecule has 3 rings (SSSR count).